The third-order valence-corrected chi connectivity index (χ3v) is 3.07. The molecule has 0 spiro atoms. The first kappa shape index (κ1) is 11.0. The summed E-state index contributed by atoms with van der Waals surface area (Å²) in [6.07, 6.45) is 3.45. The summed E-state index contributed by atoms with van der Waals surface area (Å²) in [6, 6.07) is 6.32. The van der Waals surface area contributed by atoms with Gasteiger partial charge in [0.25, 0.3) is 0 Å². The first-order valence-corrected chi connectivity index (χ1v) is 5.80. The lowest BCUT2D eigenvalue weighted by Crippen LogP contribution is -2.41. The lowest BCUT2D eigenvalue weighted by atomic mass is 9.93. The standard InChI is InChI=1S/C13H18N2O/c1-9-6-7-12(10(2)8-9)15-13(16)14-11-4-3-5-11/h6-8,11H,3-5H2,1-2H3,(H2,14,15,16). The number of hydrogen-bond donors (Lipinski definition) is 2. The van der Waals surface area contributed by atoms with Gasteiger partial charge in [0.1, 0.15) is 0 Å². The van der Waals surface area contributed by atoms with Gasteiger partial charge in [0.2, 0.25) is 0 Å². The minimum Gasteiger partial charge on any atom is -0.335 e. The van der Waals surface area contributed by atoms with Crippen LogP contribution in [-0.4, -0.2) is 12.1 Å². The molecule has 86 valence electrons. The molecule has 1 aliphatic rings. The Kier molecular flexibility index (Phi) is 3.13. The largest absolute Gasteiger partial charge is 0.335 e. The summed E-state index contributed by atoms with van der Waals surface area (Å²) in [4.78, 5) is 11.6. The Morgan fingerprint density at radius 1 is 1.31 bits per heavy atom. The van der Waals surface area contributed by atoms with Crippen molar-refractivity contribution in [2.75, 3.05) is 5.32 Å². The monoisotopic (exact) mass is 218 g/mol. The van der Waals surface area contributed by atoms with Gasteiger partial charge in [-0.05, 0) is 44.7 Å². The van der Waals surface area contributed by atoms with Gasteiger partial charge in [-0.25, -0.2) is 4.79 Å². The van der Waals surface area contributed by atoms with Crippen LogP contribution in [0.3, 0.4) is 0 Å². The molecule has 0 aromatic heterocycles. The molecule has 1 aromatic carbocycles. The SMILES string of the molecule is Cc1ccc(NC(=O)NC2CCC2)c(C)c1. The Balaban J connectivity index is 1.94. The van der Waals surface area contributed by atoms with Crippen molar-refractivity contribution >= 4 is 11.7 Å². The zero-order valence-corrected chi connectivity index (χ0v) is 9.84. The molecule has 0 unspecified atom stereocenters. The third kappa shape index (κ3) is 2.54. The fraction of sp³-hybridized carbons (Fsp3) is 0.462. The van der Waals surface area contributed by atoms with Gasteiger partial charge >= 0.3 is 6.03 Å². The molecule has 0 bridgehead atoms. The molecule has 1 fully saturated rings. The zero-order chi connectivity index (χ0) is 11.5. The second-order valence-electron chi connectivity index (χ2n) is 4.54. The number of anilines is 1. The minimum absolute atomic E-state index is 0.0864. The van der Waals surface area contributed by atoms with Crippen molar-refractivity contribution in [2.24, 2.45) is 0 Å². The maximum Gasteiger partial charge on any atom is 0.319 e. The third-order valence-electron chi connectivity index (χ3n) is 3.07. The Labute approximate surface area is 96.2 Å². The molecular formula is C13H18N2O. The lowest BCUT2D eigenvalue weighted by molar-refractivity contribution is 0.240. The van der Waals surface area contributed by atoms with Crippen LogP contribution in [0.25, 0.3) is 0 Å². The molecule has 3 nitrogen and oxygen atoms in total. The van der Waals surface area contributed by atoms with Crippen molar-refractivity contribution in [2.45, 2.75) is 39.2 Å². The van der Waals surface area contributed by atoms with Crippen molar-refractivity contribution < 1.29 is 4.79 Å². The van der Waals surface area contributed by atoms with E-state index in [1.165, 1.54) is 12.0 Å². The Bertz CT molecular complexity index is 397. The molecule has 2 N–H and O–H groups in total. The average molecular weight is 218 g/mol. The van der Waals surface area contributed by atoms with E-state index in [1.54, 1.807) is 0 Å². The van der Waals surface area contributed by atoms with Gasteiger partial charge in [-0.15, -0.1) is 0 Å². The molecule has 0 radical (unpaired) electrons. The quantitative estimate of drug-likeness (QED) is 0.787. The zero-order valence-electron chi connectivity index (χ0n) is 9.84. The number of nitrogens with one attached hydrogen (secondary N) is 2. The van der Waals surface area contributed by atoms with E-state index in [1.807, 2.05) is 26.0 Å². The number of benzene rings is 1. The number of urea groups is 1. The van der Waals surface area contributed by atoms with Crippen LogP contribution < -0.4 is 10.6 Å². The molecule has 16 heavy (non-hydrogen) atoms. The molecule has 1 aromatic rings. The van der Waals surface area contributed by atoms with Gasteiger partial charge < -0.3 is 10.6 Å². The van der Waals surface area contributed by atoms with Crippen LogP contribution in [0.2, 0.25) is 0 Å². The Hall–Kier alpha value is -1.51. The van der Waals surface area contributed by atoms with Crippen LogP contribution in [0, 0.1) is 13.8 Å². The lowest BCUT2D eigenvalue weighted by Gasteiger charge is -2.26. The molecule has 0 atom stereocenters. The number of rotatable bonds is 2. The van der Waals surface area contributed by atoms with E-state index in [-0.39, 0.29) is 6.03 Å². The fourth-order valence-corrected chi connectivity index (χ4v) is 1.85. The Morgan fingerprint density at radius 3 is 2.62 bits per heavy atom. The summed E-state index contributed by atoms with van der Waals surface area (Å²) in [5.74, 6) is 0. The molecule has 1 aliphatic carbocycles. The molecule has 3 heteroatoms. The van der Waals surface area contributed by atoms with Crippen molar-refractivity contribution in [3.63, 3.8) is 0 Å². The maximum absolute atomic E-state index is 11.6. The van der Waals surface area contributed by atoms with E-state index in [0.29, 0.717) is 6.04 Å². The maximum atomic E-state index is 11.6. The first-order valence-electron chi connectivity index (χ1n) is 5.80. The Morgan fingerprint density at radius 2 is 2.06 bits per heavy atom. The van der Waals surface area contributed by atoms with E-state index in [9.17, 15) is 4.79 Å². The number of carbonyl (C=O) groups is 1. The number of aryl methyl sites for hydroxylation is 2. The fourth-order valence-electron chi connectivity index (χ4n) is 1.85. The van der Waals surface area contributed by atoms with Crippen LogP contribution in [0.4, 0.5) is 10.5 Å². The summed E-state index contributed by atoms with van der Waals surface area (Å²) < 4.78 is 0. The van der Waals surface area contributed by atoms with Crippen LogP contribution in [0.15, 0.2) is 18.2 Å². The molecular weight excluding hydrogens is 200 g/mol. The molecule has 2 amide bonds. The highest BCUT2D eigenvalue weighted by molar-refractivity contribution is 5.90. The highest BCUT2D eigenvalue weighted by Gasteiger charge is 2.19. The van der Waals surface area contributed by atoms with E-state index < -0.39 is 0 Å². The molecule has 0 aliphatic heterocycles. The highest BCUT2D eigenvalue weighted by Crippen LogP contribution is 2.19. The average Bonchev–Trinajstić information content (AvgIpc) is 2.16. The number of hydrogen-bond acceptors (Lipinski definition) is 1. The summed E-state index contributed by atoms with van der Waals surface area (Å²) in [5.41, 5.74) is 3.20. The van der Waals surface area contributed by atoms with Crippen molar-refractivity contribution in [3.8, 4) is 0 Å². The molecule has 2 rings (SSSR count). The smallest absolute Gasteiger partial charge is 0.319 e. The van der Waals surface area contributed by atoms with Gasteiger partial charge in [0.05, 0.1) is 0 Å². The summed E-state index contributed by atoms with van der Waals surface area (Å²) in [5, 5.41) is 5.84. The van der Waals surface area contributed by atoms with Gasteiger partial charge in [-0.3, -0.25) is 0 Å². The van der Waals surface area contributed by atoms with E-state index in [0.717, 1.165) is 24.1 Å². The topological polar surface area (TPSA) is 41.1 Å². The van der Waals surface area contributed by atoms with Gasteiger partial charge in [0.15, 0.2) is 0 Å². The van der Waals surface area contributed by atoms with Gasteiger partial charge in [-0.1, -0.05) is 17.7 Å². The second-order valence-corrected chi connectivity index (χ2v) is 4.54. The minimum atomic E-state index is -0.0864. The van der Waals surface area contributed by atoms with Crippen LogP contribution in [0.5, 0.6) is 0 Å². The number of amides is 2. The summed E-state index contributed by atoms with van der Waals surface area (Å²) in [7, 11) is 0. The normalized spacial score (nSPS) is 15.4. The summed E-state index contributed by atoms with van der Waals surface area (Å²) in [6.45, 7) is 4.05. The van der Waals surface area contributed by atoms with Crippen LogP contribution >= 0.6 is 0 Å². The molecule has 1 saturated carbocycles. The van der Waals surface area contributed by atoms with Crippen molar-refractivity contribution in [1.82, 2.24) is 5.32 Å². The van der Waals surface area contributed by atoms with Gasteiger partial charge in [-0.2, -0.15) is 0 Å². The summed E-state index contributed by atoms with van der Waals surface area (Å²) >= 11 is 0. The predicted molar refractivity (Wildman–Crippen MR) is 65.7 cm³/mol. The van der Waals surface area contributed by atoms with Crippen LogP contribution in [0.1, 0.15) is 30.4 Å². The number of carbonyl (C=O) groups excluding carboxylic acids is 1. The van der Waals surface area contributed by atoms with Gasteiger partial charge in [0, 0.05) is 11.7 Å². The predicted octanol–water partition coefficient (Wildman–Crippen LogP) is 2.98. The van der Waals surface area contributed by atoms with Crippen molar-refractivity contribution in [3.05, 3.63) is 29.3 Å². The highest BCUT2D eigenvalue weighted by atomic mass is 16.2. The van der Waals surface area contributed by atoms with E-state index in [2.05, 4.69) is 16.7 Å². The molecule has 0 heterocycles. The van der Waals surface area contributed by atoms with Crippen LogP contribution in [-0.2, 0) is 0 Å². The first-order chi connectivity index (χ1) is 7.65. The second kappa shape index (κ2) is 4.56. The van der Waals surface area contributed by atoms with E-state index >= 15 is 0 Å². The van der Waals surface area contributed by atoms with E-state index in [4.69, 9.17) is 0 Å². The molecule has 0 saturated heterocycles. The van der Waals surface area contributed by atoms with Crippen molar-refractivity contribution in [1.29, 1.82) is 0 Å².